The Kier molecular flexibility index (Phi) is 3.64. The van der Waals surface area contributed by atoms with Crippen molar-refractivity contribution in [1.29, 1.82) is 0 Å². The third-order valence-electron chi connectivity index (χ3n) is 3.72. The first-order valence-electron chi connectivity index (χ1n) is 7.26. The van der Waals surface area contributed by atoms with E-state index in [1.54, 1.807) is 0 Å². The summed E-state index contributed by atoms with van der Waals surface area (Å²) in [6.07, 6.45) is 4.46. The molecule has 2 aromatic rings. The zero-order valence-electron chi connectivity index (χ0n) is 12.0. The number of para-hydroxylation sites is 1. The Morgan fingerprint density at radius 1 is 1.33 bits per heavy atom. The van der Waals surface area contributed by atoms with Crippen LogP contribution in [0, 0.1) is 0 Å². The lowest BCUT2D eigenvalue weighted by Gasteiger charge is -2.17. The number of amides is 2. The summed E-state index contributed by atoms with van der Waals surface area (Å²) in [5.41, 5.74) is 2.08. The maximum Gasteiger partial charge on any atom is 0.243 e. The van der Waals surface area contributed by atoms with Crippen molar-refractivity contribution in [2.75, 3.05) is 0 Å². The molecule has 5 heteroatoms. The molecule has 0 radical (unpaired) electrons. The van der Waals surface area contributed by atoms with E-state index in [1.807, 2.05) is 30.5 Å². The topological polar surface area (TPSA) is 74.0 Å². The van der Waals surface area contributed by atoms with Crippen LogP contribution in [0.4, 0.5) is 0 Å². The number of hydrogen-bond donors (Lipinski definition) is 3. The highest BCUT2D eigenvalue weighted by atomic mass is 16.2. The fourth-order valence-electron chi connectivity index (χ4n) is 2.50. The Morgan fingerprint density at radius 3 is 2.81 bits per heavy atom. The normalized spacial score (nSPS) is 15.7. The summed E-state index contributed by atoms with van der Waals surface area (Å²) in [6.45, 7) is 1.44. The van der Waals surface area contributed by atoms with E-state index in [-0.39, 0.29) is 17.9 Å². The molecule has 0 spiro atoms. The van der Waals surface area contributed by atoms with Gasteiger partial charge in [0.2, 0.25) is 11.8 Å². The third-order valence-corrected chi connectivity index (χ3v) is 3.72. The molecule has 0 bridgehead atoms. The van der Waals surface area contributed by atoms with Gasteiger partial charge < -0.3 is 15.6 Å². The van der Waals surface area contributed by atoms with E-state index in [9.17, 15) is 9.59 Å². The Morgan fingerprint density at radius 2 is 2.10 bits per heavy atom. The molecular weight excluding hydrogens is 266 g/mol. The summed E-state index contributed by atoms with van der Waals surface area (Å²) in [6, 6.07) is 7.71. The quantitative estimate of drug-likeness (QED) is 0.778. The molecule has 1 fully saturated rings. The smallest absolute Gasteiger partial charge is 0.243 e. The monoisotopic (exact) mass is 285 g/mol. The summed E-state index contributed by atoms with van der Waals surface area (Å²) in [5, 5.41) is 6.80. The minimum absolute atomic E-state index is 0.0991. The largest absolute Gasteiger partial charge is 0.361 e. The van der Waals surface area contributed by atoms with Gasteiger partial charge in [0.25, 0.3) is 0 Å². The van der Waals surface area contributed by atoms with Gasteiger partial charge in [-0.2, -0.15) is 0 Å². The molecule has 1 aromatic heterocycles. The van der Waals surface area contributed by atoms with Gasteiger partial charge in [0, 0.05) is 36.5 Å². The maximum absolute atomic E-state index is 12.3. The third kappa shape index (κ3) is 3.24. The molecule has 110 valence electrons. The van der Waals surface area contributed by atoms with Crippen molar-refractivity contribution in [1.82, 2.24) is 15.6 Å². The van der Waals surface area contributed by atoms with Gasteiger partial charge in [0.1, 0.15) is 6.04 Å². The molecule has 3 rings (SSSR count). The minimum atomic E-state index is -0.526. The molecule has 5 nitrogen and oxygen atoms in total. The molecule has 21 heavy (non-hydrogen) atoms. The van der Waals surface area contributed by atoms with Crippen LogP contribution in [0.2, 0.25) is 0 Å². The van der Waals surface area contributed by atoms with E-state index < -0.39 is 6.04 Å². The first-order valence-corrected chi connectivity index (χ1v) is 7.26. The van der Waals surface area contributed by atoms with Crippen LogP contribution in [0.1, 0.15) is 25.3 Å². The Bertz CT molecular complexity index is 673. The molecule has 1 aromatic carbocycles. The molecule has 2 amide bonds. The van der Waals surface area contributed by atoms with Crippen molar-refractivity contribution >= 4 is 22.7 Å². The number of carbonyl (C=O) groups is 2. The first-order chi connectivity index (χ1) is 10.1. The van der Waals surface area contributed by atoms with E-state index in [0.29, 0.717) is 6.42 Å². The van der Waals surface area contributed by atoms with Gasteiger partial charge in [-0.25, -0.2) is 0 Å². The van der Waals surface area contributed by atoms with E-state index in [4.69, 9.17) is 0 Å². The van der Waals surface area contributed by atoms with E-state index >= 15 is 0 Å². The predicted molar refractivity (Wildman–Crippen MR) is 80.8 cm³/mol. The summed E-state index contributed by atoms with van der Waals surface area (Å²) < 4.78 is 0. The highest BCUT2D eigenvalue weighted by Gasteiger charge is 2.28. The minimum Gasteiger partial charge on any atom is -0.361 e. The number of H-pyrrole nitrogens is 1. The van der Waals surface area contributed by atoms with Crippen LogP contribution in [0.3, 0.4) is 0 Å². The number of benzene rings is 1. The molecule has 1 saturated carbocycles. The van der Waals surface area contributed by atoms with Gasteiger partial charge in [-0.05, 0) is 24.5 Å². The van der Waals surface area contributed by atoms with Crippen LogP contribution in [0.25, 0.3) is 10.9 Å². The lowest BCUT2D eigenvalue weighted by molar-refractivity contribution is -0.128. The maximum atomic E-state index is 12.3. The van der Waals surface area contributed by atoms with Gasteiger partial charge in [0.15, 0.2) is 0 Å². The van der Waals surface area contributed by atoms with Crippen molar-refractivity contribution in [3.63, 3.8) is 0 Å². The van der Waals surface area contributed by atoms with Crippen LogP contribution < -0.4 is 10.6 Å². The highest BCUT2D eigenvalue weighted by Crippen LogP contribution is 2.21. The van der Waals surface area contributed by atoms with Crippen molar-refractivity contribution in [2.45, 2.75) is 38.3 Å². The Hall–Kier alpha value is -2.30. The number of rotatable bonds is 5. The van der Waals surface area contributed by atoms with Gasteiger partial charge in [0.05, 0.1) is 0 Å². The van der Waals surface area contributed by atoms with Crippen LogP contribution in [-0.4, -0.2) is 28.9 Å². The molecule has 0 aliphatic heterocycles. The van der Waals surface area contributed by atoms with E-state index in [2.05, 4.69) is 15.6 Å². The van der Waals surface area contributed by atoms with Gasteiger partial charge in [-0.3, -0.25) is 9.59 Å². The summed E-state index contributed by atoms with van der Waals surface area (Å²) >= 11 is 0. The number of fused-ring (bicyclic) bond motifs is 1. The van der Waals surface area contributed by atoms with Crippen molar-refractivity contribution < 1.29 is 9.59 Å². The second-order valence-electron chi connectivity index (χ2n) is 5.60. The molecule has 1 heterocycles. The second-order valence-corrected chi connectivity index (χ2v) is 5.60. The summed E-state index contributed by atoms with van der Waals surface area (Å²) in [7, 11) is 0. The Labute approximate surface area is 123 Å². The van der Waals surface area contributed by atoms with E-state index in [1.165, 1.54) is 6.92 Å². The zero-order valence-corrected chi connectivity index (χ0v) is 12.0. The van der Waals surface area contributed by atoms with Crippen LogP contribution in [0.5, 0.6) is 0 Å². The average Bonchev–Trinajstić information content (AvgIpc) is 3.17. The second kappa shape index (κ2) is 5.60. The lowest BCUT2D eigenvalue weighted by atomic mass is 10.0. The fourth-order valence-corrected chi connectivity index (χ4v) is 2.50. The van der Waals surface area contributed by atoms with E-state index in [0.717, 1.165) is 29.3 Å². The van der Waals surface area contributed by atoms with Gasteiger partial charge in [-0.15, -0.1) is 0 Å². The number of nitrogens with one attached hydrogen (secondary N) is 3. The SMILES string of the molecule is CC(=O)NC(Cc1c[nH]c2ccccc12)C(=O)NC1CC1. The van der Waals surface area contributed by atoms with Crippen LogP contribution in [0.15, 0.2) is 30.5 Å². The predicted octanol–water partition coefficient (Wildman–Crippen LogP) is 1.49. The number of carbonyl (C=O) groups excluding carboxylic acids is 2. The Balaban J connectivity index is 1.79. The lowest BCUT2D eigenvalue weighted by Crippen LogP contribution is -2.47. The van der Waals surface area contributed by atoms with Crippen LogP contribution in [-0.2, 0) is 16.0 Å². The number of aromatic amines is 1. The molecule has 3 N–H and O–H groups in total. The van der Waals surface area contributed by atoms with Crippen molar-refractivity contribution in [3.05, 3.63) is 36.0 Å². The molecule has 1 unspecified atom stereocenters. The summed E-state index contributed by atoms with van der Waals surface area (Å²) in [4.78, 5) is 26.8. The number of hydrogen-bond acceptors (Lipinski definition) is 2. The highest BCUT2D eigenvalue weighted by molar-refractivity contribution is 5.89. The number of aromatic nitrogens is 1. The molecule has 1 atom stereocenters. The fraction of sp³-hybridized carbons (Fsp3) is 0.375. The zero-order chi connectivity index (χ0) is 14.8. The average molecular weight is 285 g/mol. The first kappa shape index (κ1) is 13.7. The van der Waals surface area contributed by atoms with Crippen LogP contribution >= 0.6 is 0 Å². The molecule has 1 aliphatic rings. The standard InChI is InChI=1S/C16H19N3O2/c1-10(20)18-15(16(21)19-12-6-7-12)8-11-9-17-14-5-3-2-4-13(11)14/h2-5,9,12,15,17H,6-8H2,1H3,(H,18,20)(H,19,21). The van der Waals surface area contributed by atoms with Gasteiger partial charge >= 0.3 is 0 Å². The molecular formula is C16H19N3O2. The van der Waals surface area contributed by atoms with Gasteiger partial charge in [-0.1, -0.05) is 18.2 Å². The molecule has 0 saturated heterocycles. The van der Waals surface area contributed by atoms with Crippen molar-refractivity contribution in [2.24, 2.45) is 0 Å². The molecule has 1 aliphatic carbocycles. The van der Waals surface area contributed by atoms with Crippen molar-refractivity contribution in [3.8, 4) is 0 Å². The summed E-state index contributed by atoms with van der Waals surface area (Å²) in [5.74, 6) is -0.288.